The van der Waals surface area contributed by atoms with Gasteiger partial charge in [-0.25, -0.2) is 13.6 Å². The smallest absolute Gasteiger partial charge is 0.339 e. The lowest BCUT2D eigenvalue weighted by atomic mass is 10.1. The van der Waals surface area contributed by atoms with Gasteiger partial charge in [0.1, 0.15) is 11.6 Å². The first-order valence-electron chi connectivity index (χ1n) is 5.86. The van der Waals surface area contributed by atoms with E-state index >= 15 is 0 Å². The van der Waals surface area contributed by atoms with E-state index in [2.05, 4.69) is 32.5 Å². The van der Waals surface area contributed by atoms with Crippen LogP contribution >= 0.6 is 15.9 Å². The van der Waals surface area contributed by atoms with E-state index in [1.807, 2.05) is 0 Å². The Kier molecular flexibility index (Phi) is 4.71. The van der Waals surface area contributed by atoms with E-state index in [0.29, 0.717) is 15.6 Å². The fourth-order valence-electron chi connectivity index (χ4n) is 1.62. The topological polar surface area (TPSA) is 26.3 Å². The molecular formula is C16H9BrF2O2. The van der Waals surface area contributed by atoms with Gasteiger partial charge in [0.2, 0.25) is 0 Å². The van der Waals surface area contributed by atoms with Gasteiger partial charge in [0.05, 0.1) is 17.1 Å². The molecule has 2 rings (SSSR count). The molecule has 0 aliphatic heterocycles. The van der Waals surface area contributed by atoms with Crippen LogP contribution in [0.2, 0.25) is 0 Å². The van der Waals surface area contributed by atoms with Crippen LogP contribution in [0.5, 0.6) is 0 Å². The van der Waals surface area contributed by atoms with Crippen molar-refractivity contribution in [1.82, 2.24) is 0 Å². The van der Waals surface area contributed by atoms with Gasteiger partial charge in [0.15, 0.2) is 0 Å². The van der Waals surface area contributed by atoms with Crippen LogP contribution in [0.4, 0.5) is 8.78 Å². The standard InChI is InChI=1S/C16H9BrF2O2/c1-21-16(20)13-9-12(18)6-5-11(13)4-2-10-3-7-15(19)14(17)8-10/h3,5-9H,1H3. The van der Waals surface area contributed by atoms with Gasteiger partial charge < -0.3 is 4.74 Å². The third-order valence-electron chi connectivity index (χ3n) is 2.65. The molecule has 0 amide bonds. The fraction of sp³-hybridized carbons (Fsp3) is 0.0625. The number of ether oxygens (including phenoxy) is 1. The molecular weight excluding hydrogens is 342 g/mol. The molecule has 0 saturated heterocycles. The van der Waals surface area contributed by atoms with Crippen LogP contribution < -0.4 is 0 Å². The maximum Gasteiger partial charge on any atom is 0.339 e. The lowest BCUT2D eigenvalue weighted by Crippen LogP contribution is -2.04. The number of carbonyl (C=O) groups excluding carboxylic acids is 1. The number of carbonyl (C=O) groups is 1. The van der Waals surface area contributed by atoms with Gasteiger partial charge in [0, 0.05) is 11.1 Å². The first-order valence-corrected chi connectivity index (χ1v) is 6.65. The maximum atomic E-state index is 13.2. The lowest BCUT2D eigenvalue weighted by Gasteiger charge is -2.02. The third kappa shape index (κ3) is 3.67. The quantitative estimate of drug-likeness (QED) is 0.575. The van der Waals surface area contributed by atoms with Crippen molar-refractivity contribution in [3.05, 3.63) is 69.2 Å². The van der Waals surface area contributed by atoms with Crippen molar-refractivity contribution in [2.75, 3.05) is 7.11 Å². The van der Waals surface area contributed by atoms with E-state index in [1.54, 1.807) is 0 Å². The van der Waals surface area contributed by atoms with Gasteiger partial charge in [-0.3, -0.25) is 0 Å². The minimum atomic E-state index is -0.668. The third-order valence-corrected chi connectivity index (χ3v) is 3.26. The summed E-state index contributed by atoms with van der Waals surface area (Å²) in [5.41, 5.74) is 0.943. The molecule has 2 nitrogen and oxygen atoms in total. The van der Waals surface area contributed by atoms with Crippen molar-refractivity contribution in [3.8, 4) is 11.8 Å². The molecule has 0 aliphatic carbocycles. The summed E-state index contributed by atoms with van der Waals surface area (Å²) >= 11 is 3.06. The van der Waals surface area contributed by atoms with Crippen LogP contribution in [-0.4, -0.2) is 13.1 Å². The molecule has 0 unspecified atom stereocenters. The van der Waals surface area contributed by atoms with Crippen LogP contribution in [0.25, 0.3) is 0 Å². The first kappa shape index (κ1) is 15.2. The highest BCUT2D eigenvalue weighted by molar-refractivity contribution is 9.10. The summed E-state index contributed by atoms with van der Waals surface area (Å²) in [5, 5.41) is 0. The molecule has 0 bridgehead atoms. The van der Waals surface area contributed by atoms with Gasteiger partial charge in [-0.15, -0.1) is 0 Å². The zero-order chi connectivity index (χ0) is 15.4. The largest absolute Gasteiger partial charge is 0.465 e. The first-order chi connectivity index (χ1) is 10.0. The highest BCUT2D eigenvalue weighted by Gasteiger charge is 2.11. The van der Waals surface area contributed by atoms with Crippen LogP contribution in [0.3, 0.4) is 0 Å². The van der Waals surface area contributed by atoms with Crippen molar-refractivity contribution in [2.24, 2.45) is 0 Å². The normalized spacial score (nSPS) is 9.71. The Morgan fingerprint density at radius 2 is 1.90 bits per heavy atom. The van der Waals surface area contributed by atoms with E-state index in [0.717, 1.165) is 6.07 Å². The monoisotopic (exact) mass is 350 g/mol. The summed E-state index contributed by atoms with van der Waals surface area (Å²) in [4.78, 5) is 11.6. The second kappa shape index (κ2) is 6.51. The molecule has 0 heterocycles. The summed E-state index contributed by atoms with van der Waals surface area (Å²) in [6.07, 6.45) is 0. The highest BCUT2D eigenvalue weighted by atomic mass is 79.9. The molecule has 106 valence electrons. The van der Waals surface area contributed by atoms with Crippen molar-refractivity contribution < 1.29 is 18.3 Å². The summed E-state index contributed by atoms with van der Waals surface area (Å²) in [7, 11) is 1.21. The molecule has 0 saturated carbocycles. The van der Waals surface area contributed by atoms with Gasteiger partial charge in [-0.2, -0.15) is 0 Å². The molecule has 0 spiro atoms. The Hall–Kier alpha value is -2.19. The van der Waals surface area contributed by atoms with Crippen LogP contribution in [0.15, 0.2) is 40.9 Å². The number of methoxy groups -OCH3 is 1. The number of hydrogen-bond donors (Lipinski definition) is 0. The molecule has 2 aromatic carbocycles. The molecule has 0 N–H and O–H groups in total. The zero-order valence-electron chi connectivity index (χ0n) is 10.9. The summed E-state index contributed by atoms with van der Waals surface area (Å²) in [6, 6.07) is 7.97. The molecule has 2 aromatic rings. The van der Waals surface area contributed by atoms with E-state index in [9.17, 15) is 13.6 Å². The molecule has 0 atom stereocenters. The van der Waals surface area contributed by atoms with Gasteiger partial charge >= 0.3 is 5.97 Å². The molecule has 0 fully saturated rings. The Bertz CT molecular complexity index is 761. The average Bonchev–Trinajstić information content (AvgIpc) is 2.48. The van der Waals surface area contributed by atoms with Gasteiger partial charge in [-0.1, -0.05) is 11.8 Å². The van der Waals surface area contributed by atoms with E-state index in [1.165, 1.54) is 37.4 Å². The Morgan fingerprint density at radius 1 is 1.14 bits per heavy atom. The van der Waals surface area contributed by atoms with Crippen LogP contribution in [0, 0.1) is 23.5 Å². The average molecular weight is 351 g/mol. The summed E-state index contributed by atoms with van der Waals surface area (Å²) in [5.74, 6) is 3.94. The van der Waals surface area contributed by atoms with E-state index in [4.69, 9.17) is 0 Å². The SMILES string of the molecule is COC(=O)c1cc(F)ccc1C#Cc1ccc(F)c(Br)c1. The zero-order valence-corrected chi connectivity index (χ0v) is 12.5. The molecule has 21 heavy (non-hydrogen) atoms. The second-order valence-electron chi connectivity index (χ2n) is 4.06. The van der Waals surface area contributed by atoms with Crippen molar-refractivity contribution in [1.29, 1.82) is 0 Å². The number of halogens is 3. The van der Waals surface area contributed by atoms with Gasteiger partial charge in [-0.05, 0) is 52.3 Å². The Balaban J connectivity index is 2.42. The van der Waals surface area contributed by atoms with Crippen molar-refractivity contribution >= 4 is 21.9 Å². The summed E-state index contributed by atoms with van der Waals surface area (Å²) in [6.45, 7) is 0. The predicted molar refractivity (Wildman–Crippen MR) is 77.8 cm³/mol. The Labute approximate surface area is 128 Å². The van der Waals surface area contributed by atoms with E-state index in [-0.39, 0.29) is 5.56 Å². The van der Waals surface area contributed by atoms with Crippen LogP contribution in [0.1, 0.15) is 21.5 Å². The molecule has 0 aromatic heterocycles. The minimum absolute atomic E-state index is 0.0474. The Morgan fingerprint density at radius 3 is 2.57 bits per heavy atom. The molecule has 5 heteroatoms. The van der Waals surface area contributed by atoms with E-state index < -0.39 is 17.6 Å². The molecule has 0 aliphatic rings. The van der Waals surface area contributed by atoms with Crippen LogP contribution in [-0.2, 0) is 4.74 Å². The highest BCUT2D eigenvalue weighted by Crippen LogP contribution is 2.17. The predicted octanol–water partition coefficient (Wildman–Crippen LogP) is 3.91. The van der Waals surface area contributed by atoms with Crippen molar-refractivity contribution in [3.63, 3.8) is 0 Å². The second-order valence-corrected chi connectivity index (χ2v) is 4.91. The lowest BCUT2D eigenvalue weighted by molar-refractivity contribution is 0.0600. The molecule has 0 radical (unpaired) electrons. The van der Waals surface area contributed by atoms with Gasteiger partial charge in [0.25, 0.3) is 0 Å². The fourth-order valence-corrected chi connectivity index (χ4v) is 2.00. The number of benzene rings is 2. The summed E-state index contributed by atoms with van der Waals surface area (Å²) < 4.78 is 31.2. The minimum Gasteiger partial charge on any atom is -0.465 e. The maximum absolute atomic E-state index is 13.2. The van der Waals surface area contributed by atoms with Crippen molar-refractivity contribution in [2.45, 2.75) is 0 Å². The number of hydrogen-bond acceptors (Lipinski definition) is 2. The number of esters is 1. The number of rotatable bonds is 1.